The summed E-state index contributed by atoms with van der Waals surface area (Å²) in [5.74, 6) is -0.236. The second kappa shape index (κ2) is 12.2. The fourth-order valence-electron chi connectivity index (χ4n) is 3.81. The average Bonchev–Trinajstić information content (AvgIpc) is 2.95. The predicted molar refractivity (Wildman–Crippen MR) is 158 cm³/mol. The van der Waals surface area contributed by atoms with Gasteiger partial charge in [-0.15, -0.1) is 0 Å². The fourth-order valence-corrected chi connectivity index (χ4v) is 4.45. The van der Waals surface area contributed by atoms with Crippen LogP contribution in [0.5, 0.6) is 0 Å². The van der Waals surface area contributed by atoms with Crippen molar-refractivity contribution in [2.75, 3.05) is 22.2 Å². The first-order chi connectivity index (χ1) is 18.8. The molecule has 0 aliphatic carbocycles. The maximum Gasteiger partial charge on any atom is 0.255 e. The van der Waals surface area contributed by atoms with E-state index in [1.165, 1.54) is 6.26 Å². The number of nitrogens with zero attached hydrogens (tertiary/aromatic N) is 2. The first-order valence-corrected chi connectivity index (χ1v) is 14.3. The summed E-state index contributed by atoms with van der Waals surface area (Å²) in [6, 6.07) is 24.8. The Morgan fingerprint density at radius 2 is 1.41 bits per heavy atom. The van der Waals surface area contributed by atoms with Crippen molar-refractivity contribution in [3.8, 4) is 0 Å². The van der Waals surface area contributed by atoms with Crippen molar-refractivity contribution in [1.29, 1.82) is 0 Å². The molecule has 0 unspecified atom stereocenters. The van der Waals surface area contributed by atoms with Gasteiger partial charge in [-0.1, -0.05) is 19.9 Å². The number of aromatic nitrogens is 2. The molecule has 0 saturated heterocycles. The van der Waals surface area contributed by atoms with Crippen molar-refractivity contribution in [3.05, 3.63) is 109 Å². The van der Waals surface area contributed by atoms with Gasteiger partial charge in [-0.2, -0.15) is 0 Å². The van der Waals surface area contributed by atoms with E-state index in [0.717, 1.165) is 17.1 Å². The van der Waals surface area contributed by atoms with E-state index >= 15 is 0 Å². The highest BCUT2D eigenvalue weighted by molar-refractivity contribution is 7.90. The molecular weight excluding hydrogens is 510 g/mol. The summed E-state index contributed by atoms with van der Waals surface area (Å²) < 4.78 is 24.0. The van der Waals surface area contributed by atoms with E-state index in [4.69, 9.17) is 0 Å². The minimum atomic E-state index is -3.35. The van der Waals surface area contributed by atoms with Crippen molar-refractivity contribution in [2.45, 2.75) is 18.7 Å². The molecule has 5 rings (SSSR count). The molecule has 3 N–H and O–H groups in total. The molecule has 0 atom stereocenters. The Labute approximate surface area is 228 Å². The van der Waals surface area contributed by atoms with Gasteiger partial charge < -0.3 is 16.0 Å². The molecule has 198 valence electrons. The van der Waals surface area contributed by atoms with Gasteiger partial charge in [0.05, 0.1) is 10.4 Å². The number of pyridine rings is 2. The van der Waals surface area contributed by atoms with Gasteiger partial charge in [-0.3, -0.25) is 14.8 Å². The van der Waals surface area contributed by atoms with Crippen LogP contribution in [0.3, 0.4) is 0 Å². The van der Waals surface area contributed by atoms with Gasteiger partial charge in [-0.05, 0) is 78.9 Å². The van der Waals surface area contributed by atoms with Gasteiger partial charge >= 0.3 is 0 Å². The van der Waals surface area contributed by atoms with Crippen LogP contribution in [0.25, 0.3) is 10.9 Å². The molecule has 0 fully saturated rings. The lowest BCUT2D eigenvalue weighted by atomic mass is 10.1. The summed E-state index contributed by atoms with van der Waals surface area (Å²) in [4.78, 5) is 21.4. The lowest BCUT2D eigenvalue weighted by Crippen LogP contribution is -2.11. The average molecular weight is 540 g/mol. The van der Waals surface area contributed by atoms with Crippen molar-refractivity contribution < 1.29 is 13.2 Å². The number of benzene rings is 3. The van der Waals surface area contributed by atoms with Crippen LogP contribution >= 0.6 is 0 Å². The highest BCUT2D eigenvalue weighted by Crippen LogP contribution is 2.28. The first kappa shape index (κ1) is 27.3. The van der Waals surface area contributed by atoms with Crippen molar-refractivity contribution >= 4 is 55.1 Å². The number of carbonyl (C=O) groups excluding carboxylic acids is 1. The quantitative estimate of drug-likeness (QED) is 0.208. The zero-order valence-electron chi connectivity index (χ0n) is 21.8. The number of hydrogen-bond donors (Lipinski definition) is 3. The van der Waals surface area contributed by atoms with Crippen LogP contribution in [0, 0.1) is 0 Å². The largest absolute Gasteiger partial charge is 0.355 e. The maximum absolute atomic E-state index is 12.8. The Kier molecular flexibility index (Phi) is 8.53. The second-order valence-corrected chi connectivity index (χ2v) is 10.4. The van der Waals surface area contributed by atoms with Gasteiger partial charge in [0.15, 0.2) is 9.84 Å². The second-order valence-electron chi connectivity index (χ2n) is 8.41. The van der Waals surface area contributed by atoms with Crippen LogP contribution in [0.4, 0.5) is 28.4 Å². The SMILES string of the molecule is CC.CS(=O)(=O)c1ccc2nccc(Nc3ccc(C(=O)Nc4cccc(Nc5ccncc5)c4)cc3)c2c1. The number of amides is 1. The van der Waals surface area contributed by atoms with Crippen LogP contribution in [-0.4, -0.2) is 30.5 Å². The molecule has 0 bridgehead atoms. The van der Waals surface area contributed by atoms with Crippen molar-refractivity contribution in [2.24, 2.45) is 0 Å². The normalized spacial score (nSPS) is 10.7. The summed E-state index contributed by atoms with van der Waals surface area (Å²) in [6.07, 6.45) is 6.24. The van der Waals surface area contributed by atoms with E-state index in [9.17, 15) is 13.2 Å². The van der Waals surface area contributed by atoms with E-state index in [1.54, 1.807) is 67.1 Å². The first-order valence-electron chi connectivity index (χ1n) is 12.4. The monoisotopic (exact) mass is 539 g/mol. The number of carbonyl (C=O) groups is 1. The highest BCUT2D eigenvalue weighted by Gasteiger charge is 2.11. The van der Waals surface area contributed by atoms with Crippen LogP contribution in [0.15, 0.2) is 108 Å². The molecule has 1 amide bonds. The van der Waals surface area contributed by atoms with Crippen LogP contribution in [-0.2, 0) is 9.84 Å². The lowest BCUT2D eigenvalue weighted by molar-refractivity contribution is 0.102. The third-order valence-electron chi connectivity index (χ3n) is 5.66. The molecule has 3 aromatic carbocycles. The number of sulfone groups is 1. The van der Waals surface area contributed by atoms with E-state index in [0.29, 0.717) is 27.8 Å². The van der Waals surface area contributed by atoms with E-state index in [2.05, 4.69) is 25.9 Å². The van der Waals surface area contributed by atoms with Gasteiger partial charge in [0.25, 0.3) is 5.91 Å². The zero-order chi connectivity index (χ0) is 27.8. The molecular formula is C30H29N5O3S. The van der Waals surface area contributed by atoms with Crippen LogP contribution < -0.4 is 16.0 Å². The molecule has 5 aromatic rings. The number of nitrogens with one attached hydrogen (secondary N) is 3. The topological polar surface area (TPSA) is 113 Å². The number of fused-ring (bicyclic) bond motifs is 1. The third kappa shape index (κ3) is 6.97. The molecule has 9 heteroatoms. The van der Waals surface area contributed by atoms with E-state index in [-0.39, 0.29) is 10.8 Å². The summed E-state index contributed by atoms with van der Waals surface area (Å²) in [5, 5.41) is 10.2. The number of anilines is 5. The summed E-state index contributed by atoms with van der Waals surface area (Å²) in [7, 11) is -3.35. The Hall–Kier alpha value is -4.76. The molecule has 2 heterocycles. The summed E-state index contributed by atoms with van der Waals surface area (Å²) in [6.45, 7) is 4.00. The molecule has 0 spiro atoms. The summed E-state index contributed by atoms with van der Waals surface area (Å²) in [5.41, 5.74) is 5.04. The number of rotatable bonds is 7. The minimum absolute atomic E-state index is 0.225. The smallest absolute Gasteiger partial charge is 0.255 e. The Morgan fingerprint density at radius 1 is 0.718 bits per heavy atom. The third-order valence-corrected chi connectivity index (χ3v) is 6.77. The van der Waals surface area contributed by atoms with Gasteiger partial charge in [0.2, 0.25) is 0 Å². The molecule has 8 nitrogen and oxygen atoms in total. The Morgan fingerprint density at radius 3 is 2.13 bits per heavy atom. The maximum atomic E-state index is 12.8. The molecule has 2 aromatic heterocycles. The Balaban J connectivity index is 0.00000172. The predicted octanol–water partition coefficient (Wildman–Crippen LogP) is 6.80. The minimum Gasteiger partial charge on any atom is -0.355 e. The molecule has 39 heavy (non-hydrogen) atoms. The van der Waals surface area contributed by atoms with Gasteiger partial charge in [0, 0.05) is 64.2 Å². The van der Waals surface area contributed by atoms with E-state index in [1.807, 2.05) is 50.2 Å². The molecule has 0 aliphatic heterocycles. The van der Waals surface area contributed by atoms with Crippen LogP contribution in [0.1, 0.15) is 24.2 Å². The van der Waals surface area contributed by atoms with E-state index < -0.39 is 9.84 Å². The fraction of sp³-hybridized carbons (Fsp3) is 0.100. The highest BCUT2D eigenvalue weighted by atomic mass is 32.2. The molecule has 0 radical (unpaired) electrons. The number of hydrogen-bond acceptors (Lipinski definition) is 7. The molecule has 0 aliphatic rings. The lowest BCUT2D eigenvalue weighted by Gasteiger charge is -2.12. The van der Waals surface area contributed by atoms with Gasteiger partial charge in [0.1, 0.15) is 0 Å². The molecule has 0 saturated carbocycles. The Bertz CT molecular complexity index is 1690. The van der Waals surface area contributed by atoms with Gasteiger partial charge in [-0.25, -0.2) is 8.42 Å². The van der Waals surface area contributed by atoms with Crippen LogP contribution in [0.2, 0.25) is 0 Å². The zero-order valence-corrected chi connectivity index (χ0v) is 22.7. The standard InChI is InChI=1S/C28H23N5O3S.C2H6/c1-37(35,36)24-9-10-26-25(18-24)27(13-16-30-26)32-20-7-5-19(6-8-20)28(34)33-23-4-2-3-22(17-23)31-21-11-14-29-15-12-21;1-2/h2-18H,1H3,(H,29,31)(H,30,32)(H,33,34);1-2H3. The van der Waals surface area contributed by atoms with Crippen molar-refractivity contribution in [1.82, 2.24) is 9.97 Å². The summed E-state index contributed by atoms with van der Waals surface area (Å²) >= 11 is 0. The van der Waals surface area contributed by atoms with Crippen molar-refractivity contribution in [3.63, 3.8) is 0 Å².